The van der Waals surface area contributed by atoms with Crippen molar-refractivity contribution in [1.29, 1.82) is 0 Å². The summed E-state index contributed by atoms with van der Waals surface area (Å²) in [5.74, 6) is -3.91. The zero-order valence-corrected chi connectivity index (χ0v) is 25.6. The third-order valence-electron chi connectivity index (χ3n) is 6.85. The molecule has 232 valence electrons. The summed E-state index contributed by atoms with van der Waals surface area (Å²) in [7, 11) is 1.85. The molecular weight excluding hydrogens is 638 g/mol. The molecule has 2 aliphatic heterocycles. The van der Waals surface area contributed by atoms with Crippen LogP contribution in [-0.2, 0) is 37.1 Å². The van der Waals surface area contributed by atoms with Gasteiger partial charge in [0.2, 0.25) is 6.10 Å². The SMILES string of the molecule is CNCCn1ncc2c1ccc[n+]2CC1=C(C(=O)O)N2C(=O)[C@@H](NC(=O)/C(=N\O[C@@H](C)C(=O)O)c3nc(N)sc3Cl)[C@H]2SC1. The number of thioether (sulfide) groups is 1. The van der Waals surface area contributed by atoms with Gasteiger partial charge in [-0.2, -0.15) is 9.67 Å². The van der Waals surface area contributed by atoms with E-state index in [1.165, 1.54) is 18.7 Å². The molecule has 1 fully saturated rings. The van der Waals surface area contributed by atoms with Crippen molar-refractivity contribution in [2.24, 2.45) is 5.16 Å². The molecule has 2 aliphatic rings. The number of nitrogens with zero attached hydrogens (tertiary/aromatic N) is 6. The molecule has 0 radical (unpaired) electrons. The Hall–Kier alpha value is -4.26. The molecule has 5 heterocycles. The molecule has 0 saturated carbocycles. The molecule has 0 aliphatic carbocycles. The Balaban J connectivity index is 1.38. The minimum atomic E-state index is -1.41. The largest absolute Gasteiger partial charge is 0.478 e. The topological polar surface area (TPSA) is 218 Å². The summed E-state index contributed by atoms with van der Waals surface area (Å²) in [6, 6.07) is 2.67. The van der Waals surface area contributed by atoms with Gasteiger partial charge in [-0.15, -0.1) is 11.8 Å². The van der Waals surface area contributed by atoms with Gasteiger partial charge < -0.3 is 31.4 Å². The molecule has 3 aromatic heterocycles. The van der Waals surface area contributed by atoms with Crippen LogP contribution in [0.1, 0.15) is 12.6 Å². The fraction of sp³-hybridized carbons (Fsp3) is 0.360. The van der Waals surface area contributed by atoms with Gasteiger partial charge in [-0.05, 0) is 20.0 Å². The van der Waals surface area contributed by atoms with Crippen molar-refractivity contribution in [3.05, 3.63) is 45.8 Å². The van der Waals surface area contributed by atoms with Crippen LogP contribution in [0.4, 0.5) is 5.13 Å². The number of carbonyl (C=O) groups excluding carboxylic acids is 2. The third kappa shape index (κ3) is 5.92. The molecule has 1 saturated heterocycles. The number of carboxylic acids is 2. The lowest BCUT2D eigenvalue weighted by Crippen LogP contribution is -2.71. The van der Waals surface area contributed by atoms with Gasteiger partial charge >= 0.3 is 11.9 Å². The van der Waals surface area contributed by atoms with Gasteiger partial charge in [0.25, 0.3) is 17.3 Å². The van der Waals surface area contributed by atoms with Crippen molar-refractivity contribution in [3.63, 3.8) is 0 Å². The van der Waals surface area contributed by atoms with E-state index in [4.69, 9.17) is 27.3 Å². The highest BCUT2D eigenvalue weighted by Gasteiger charge is 2.55. The average molecular weight is 665 g/mol. The summed E-state index contributed by atoms with van der Waals surface area (Å²) in [6.45, 7) is 2.78. The van der Waals surface area contributed by atoms with Crippen LogP contribution in [0, 0.1) is 0 Å². The molecule has 3 aromatic rings. The number of amides is 2. The third-order valence-corrected chi connectivity index (χ3v) is 9.28. The maximum Gasteiger partial charge on any atom is 0.352 e. The Morgan fingerprint density at radius 2 is 2.14 bits per heavy atom. The van der Waals surface area contributed by atoms with E-state index in [1.54, 1.807) is 6.20 Å². The van der Waals surface area contributed by atoms with Crippen LogP contribution in [-0.4, -0.2) is 96.2 Å². The number of aliphatic carboxylic acids is 2. The maximum absolute atomic E-state index is 13.3. The van der Waals surface area contributed by atoms with Gasteiger partial charge in [0.1, 0.15) is 38.9 Å². The fourth-order valence-electron chi connectivity index (χ4n) is 4.68. The van der Waals surface area contributed by atoms with E-state index in [0.29, 0.717) is 12.1 Å². The lowest BCUT2D eigenvalue weighted by molar-refractivity contribution is -0.663. The number of hydrogen-bond acceptors (Lipinski definition) is 12. The van der Waals surface area contributed by atoms with Crippen LogP contribution in [0.25, 0.3) is 11.0 Å². The minimum Gasteiger partial charge on any atom is -0.478 e. The van der Waals surface area contributed by atoms with Crippen LogP contribution in [0.3, 0.4) is 0 Å². The number of thiazole rings is 1. The Labute approximate surface area is 262 Å². The average Bonchev–Trinajstić information content (AvgIpc) is 3.56. The Kier molecular flexibility index (Phi) is 9.05. The van der Waals surface area contributed by atoms with Crippen molar-refractivity contribution in [1.82, 2.24) is 30.3 Å². The number of nitrogen functional groups attached to an aromatic ring is 1. The summed E-state index contributed by atoms with van der Waals surface area (Å²) >= 11 is 8.32. The summed E-state index contributed by atoms with van der Waals surface area (Å²) in [5, 5.41) is 32.3. The number of anilines is 1. The van der Waals surface area contributed by atoms with Gasteiger partial charge in [0.05, 0.1) is 6.54 Å². The van der Waals surface area contributed by atoms with Gasteiger partial charge in [-0.1, -0.05) is 28.1 Å². The molecule has 19 heteroatoms. The Bertz CT molecular complexity index is 1720. The number of hydrogen-bond donors (Lipinski definition) is 5. The van der Waals surface area contributed by atoms with Crippen molar-refractivity contribution in [3.8, 4) is 0 Å². The molecule has 2 amide bonds. The molecule has 44 heavy (non-hydrogen) atoms. The number of halogens is 1. The minimum absolute atomic E-state index is 0.00239. The van der Waals surface area contributed by atoms with E-state index in [0.717, 1.165) is 33.8 Å². The molecule has 3 atom stereocenters. The first-order valence-electron chi connectivity index (χ1n) is 13.1. The first-order chi connectivity index (χ1) is 21.0. The van der Waals surface area contributed by atoms with Crippen LogP contribution < -0.4 is 20.9 Å². The molecule has 16 nitrogen and oxygen atoms in total. The second kappa shape index (κ2) is 12.8. The van der Waals surface area contributed by atoms with E-state index in [-0.39, 0.29) is 33.2 Å². The van der Waals surface area contributed by atoms with Gasteiger partial charge in [0, 0.05) is 23.9 Å². The van der Waals surface area contributed by atoms with Crippen molar-refractivity contribution in [2.45, 2.75) is 37.5 Å². The lowest BCUT2D eigenvalue weighted by Gasteiger charge is -2.49. The highest BCUT2D eigenvalue weighted by molar-refractivity contribution is 8.00. The first-order valence-corrected chi connectivity index (χ1v) is 15.3. The highest BCUT2D eigenvalue weighted by atomic mass is 35.5. The molecule has 6 N–H and O–H groups in total. The number of likely N-dealkylation sites (N-methyl/N-ethyl adjacent to an activating group) is 1. The predicted molar refractivity (Wildman–Crippen MR) is 160 cm³/mol. The number of nitrogens with one attached hydrogen (secondary N) is 2. The van der Waals surface area contributed by atoms with E-state index >= 15 is 0 Å². The Morgan fingerprint density at radius 3 is 2.80 bits per heavy atom. The molecule has 0 spiro atoms. The van der Waals surface area contributed by atoms with E-state index in [9.17, 15) is 24.3 Å². The van der Waals surface area contributed by atoms with Gasteiger partial charge in [0.15, 0.2) is 23.6 Å². The summed E-state index contributed by atoms with van der Waals surface area (Å²) in [4.78, 5) is 60.3. The number of nitrogens with two attached hydrogens (primary N) is 1. The number of oxime groups is 1. The van der Waals surface area contributed by atoms with E-state index < -0.39 is 47.0 Å². The van der Waals surface area contributed by atoms with Crippen LogP contribution in [0.5, 0.6) is 0 Å². The molecule has 0 aromatic carbocycles. The maximum atomic E-state index is 13.3. The lowest BCUT2D eigenvalue weighted by atomic mass is 10.0. The van der Waals surface area contributed by atoms with Crippen LogP contribution in [0.2, 0.25) is 4.34 Å². The fourth-order valence-corrected chi connectivity index (χ4v) is 6.95. The first kappa shape index (κ1) is 31.2. The Morgan fingerprint density at radius 1 is 1.36 bits per heavy atom. The number of aromatic nitrogens is 4. The van der Waals surface area contributed by atoms with Crippen LogP contribution in [0.15, 0.2) is 41.0 Å². The summed E-state index contributed by atoms with van der Waals surface area (Å²) in [6.07, 6.45) is 2.13. The number of β-lactam (4-membered cyclic amide) rings is 1. The monoisotopic (exact) mass is 664 g/mol. The van der Waals surface area contributed by atoms with Gasteiger partial charge in [-0.3, -0.25) is 19.2 Å². The number of pyridine rings is 1. The number of rotatable bonds is 12. The normalized spacial score (nSPS) is 19.0. The highest BCUT2D eigenvalue weighted by Crippen LogP contribution is 2.40. The second-order valence-corrected chi connectivity index (χ2v) is 12.4. The number of fused-ring (bicyclic) bond motifs is 2. The number of carboxylic acid groups (broad SMARTS) is 2. The molecular formula is C25H27ClN9O7S2+. The van der Waals surface area contributed by atoms with Crippen molar-refractivity contribution < 1.29 is 38.8 Å². The molecule has 5 rings (SSSR count). The smallest absolute Gasteiger partial charge is 0.352 e. The van der Waals surface area contributed by atoms with Crippen LogP contribution >= 0.6 is 34.7 Å². The van der Waals surface area contributed by atoms with Crippen molar-refractivity contribution in [2.75, 3.05) is 25.1 Å². The van der Waals surface area contributed by atoms with E-state index in [2.05, 4.69) is 25.9 Å². The molecule has 0 unspecified atom stereocenters. The van der Waals surface area contributed by atoms with E-state index in [1.807, 2.05) is 34.6 Å². The molecule has 0 bridgehead atoms. The van der Waals surface area contributed by atoms with Gasteiger partial charge in [-0.25, -0.2) is 14.6 Å². The predicted octanol–water partition coefficient (Wildman–Crippen LogP) is -0.132. The second-order valence-electron chi connectivity index (χ2n) is 9.70. The zero-order valence-electron chi connectivity index (χ0n) is 23.3. The quantitative estimate of drug-likeness (QED) is 0.0740. The standard InChI is InChI=1S/C25H26ClN9O7S2/c1-11(23(38)39)42-32-16(15-19(26)44-25(27)31-15)20(36)30-17-21(37)35-18(24(40)41)12(10-43-22(17)35)9-33-6-3-4-13-14(33)8-29-34(13)7-5-28-2/h3-4,6,8,11,17,22,28H,5,7,9-10H2,1-2H3,(H4-,27,30,31,36,38,39,40,41)/p+1/b32-16-/t11-,17+,22+/m0/s1. The summed E-state index contributed by atoms with van der Waals surface area (Å²) in [5.41, 5.74) is 7.10. The number of carbonyl (C=O) groups is 4. The zero-order chi connectivity index (χ0) is 31.7. The van der Waals surface area contributed by atoms with Crippen molar-refractivity contribution >= 4 is 80.3 Å². The summed E-state index contributed by atoms with van der Waals surface area (Å²) < 4.78 is 3.73.